The zero-order valence-electron chi connectivity index (χ0n) is 17.0. The number of piperidine rings is 1. The minimum absolute atomic E-state index is 0.217. The molecule has 6 nitrogen and oxygen atoms in total. The Morgan fingerprint density at radius 1 is 1.21 bits per heavy atom. The first kappa shape index (κ1) is 20.3. The summed E-state index contributed by atoms with van der Waals surface area (Å²) in [7, 11) is 1.77. The molecule has 0 atom stereocenters. The Balaban J connectivity index is 1.37. The van der Waals surface area contributed by atoms with Crippen molar-refractivity contribution in [1.29, 1.82) is 0 Å². The number of hydrogen-bond acceptors (Lipinski definition) is 4. The quantitative estimate of drug-likeness (QED) is 0.589. The fourth-order valence-electron chi connectivity index (χ4n) is 3.40. The maximum atomic E-state index is 13.0. The van der Waals surface area contributed by atoms with Crippen LogP contribution in [0.5, 0.6) is 0 Å². The average Bonchev–Trinajstić information content (AvgIpc) is 3.01. The Kier molecular flexibility index (Phi) is 7.03. The van der Waals surface area contributed by atoms with Crippen LogP contribution in [0.1, 0.15) is 35.7 Å². The number of guanidine groups is 1. The first-order valence-electron chi connectivity index (χ1n) is 9.87. The van der Waals surface area contributed by atoms with E-state index in [-0.39, 0.29) is 5.82 Å². The third-order valence-corrected chi connectivity index (χ3v) is 5.29. The standard InChI is InChI=1S/C21H30FN5O/c1-15-16(2)28-20(26-15)14-27-10-8-18(9-11-27)13-25-21(23-3)24-12-17-4-6-19(22)7-5-17/h4-7,18H,8-14H2,1-3H3,(H2,23,24,25). The van der Waals surface area contributed by atoms with E-state index in [9.17, 15) is 4.39 Å². The molecule has 2 aromatic rings. The lowest BCUT2D eigenvalue weighted by Gasteiger charge is -2.31. The monoisotopic (exact) mass is 387 g/mol. The number of rotatable bonds is 6. The summed E-state index contributed by atoms with van der Waals surface area (Å²) in [4.78, 5) is 11.2. The number of aliphatic imine (C=N–C) groups is 1. The fraction of sp³-hybridized carbons (Fsp3) is 0.524. The van der Waals surface area contributed by atoms with E-state index in [0.29, 0.717) is 12.5 Å². The van der Waals surface area contributed by atoms with Gasteiger partial charge in [0, 0.05) is 20.1 Å². The van der Waals surface area contributed by atoms with Crippen molar-refractivity contribution in [2.75, 3.05) is 26.7 Å². The summed E-state index contributed by atoms with van der Waals surface area (Å²) < 4.78 is 18.7. The first-order chi connectivity index (χ1) is 13.5. The highest BCUT2D eigenvalue weighted by molar-refractivity contribution is 5.79. The maximum Gasteiger partial charge on any atom is 0.208 e. The molecule has 7 heteroatoms. The molecule has 0 saturated carbocycles. The van der Waals surface area contributed by atoms with Gasteiger partial charge in [-0.1, -0.05) is 12.1 Å². The van der Waals surface area contributed by atoms with Gasteiger partial charge in [0.1, 0.15) is 11.6 Å². The summed E-state index contributed by atoms with van der Waals surface area (Å²) >= 11 is 0. The molecule has 0 bridgehead atoms. The number of aromatic nitrogens is 1. The van der Waals surface area contributed by atoms with Gasteiger partial charge in [0.2, 0.25) is 5.89 Å². The van der Waals surface area contributed by atoms with Crippen molar-refractivity contribution in [1.82, 2.24) is 20.5 Å². The minimum Gasteiger partial charge on any atom is -0.444 e. The van der Waals surface area contributed by atoms with E-state index in [4.69, 9.17) is 4.42 Å². The number of hydrogen-bond donors (Lipinski definition) is 2. The molecule has 3 rings (SSSR count). The highest BCUT2D eigenvalue weighted by Crippen LogP contribution is 2.19. The molecule has 1 aliphatic rings. The predicted molar refractivity (Wildman–Crippen MR) is 109 cm³/mol. The lowest BCUT2D eigenvalue weighted by Crippen LogP contribution is -2.42. The van der Waals surface area contributed by atoms with Crippen LogP contribution in [0.2, 0.25) is 0 Å². The van der Waals surface area contributed by atoms with Crippen molar-refractivity contribution in [2.45, 2.75) is 39.8 Å². The molecule has 1 saturated heterocycles. The lowest BCUT2D eigenvalue weighted by atomic mass is 9.97. The molecule has 2 N–H and O–H groups in total. The molecule has 0 spiro atoms. The zero-order chi connectivity index (χ0) is 19.9. The number of nitrogens with one attached hydrogen (secondary N) is 2. The largest absolute Gasteiger partial charge is 0.444 e. The molecule has 152 valence electrons. The number of benzene rings is 1. The van der Waals surface area contributed by atoms with E-state index >= 15 is 0 Å². The van der Waals surface area contributed by atoms with Crippen LogP contribution in [0.25, 0.3) is 0 Å². The van der Waals surface area contributed by atoms with Crippen molar-refractivity contribution in [3.63, 3.8) is 0 Å². The van der Waals surface area contributed by atoms with E-state index in [0.717, 1.165) is 67.9 Å². The van der Waals surface area contributed by atoms with Gasteiger partial charge in [0.15, 0.2) is 5.96 Å². The van der Waals surface area contributed by atoms with Gasteiger partial charge in [-0.2, -0.15) is 0 Å². The van der Waals surface area contributed by atoms with Crippen LogP contribution in [0.3, 0.4) is 0 Å². The molecular formula is C21H30FN5O. The van der Waals surface area contributed by atoms with E-state index in [1.165, 1.54) is 12.1 Å². The molecule has 0 aliphatic carbocycles. The third kappa shape index (κ3) is 5.79. The van der Waals surface area contributed by atoms with Gasteiger partial charge < -0.3 is 15.1 Å². The second-order valence-electron chi connectivity index (χ2n) is 7.40. The zero-order valence-corrected chi connectivity index (χ0v) is 17.0. The number of likely N-dealkylation sites (tertiary alicyclic amines) is 1. The Bertz CT molecular complexity index is 759. The van der Waals surface area contributed by atoms with Crippen molar-refractivity contribution in [2.24, 2.45) is 10.9 Å². The van der Waals surface area contributed by atoms with E-state index in [1.807, 2.05) is 13.8 Å². The van der Waals surface area contributed by atoms with E-state index in [2.05, 4.69) is 25.5 Å². The van der Waals surface area contributed by atoms with Crippen LogP contribution in [-0.4, -0.2) is 42.5 Å². The summed E-state index contributed by atoms with van der Waals surface area (Å²) in [5.41, 5.74) is 2.00. The Labute approximate surface area is 166 Å². The molecule has 1 aromatic heterocycles. The highest BCUT2D eigenvalue weighted by Gasteiger charge is 2.21. The summed E-state index contributed by atoms with van der Waals surface area (Å²) in [5.74, 6) is 2.91. The molecule has 2 heterocycles. The van der Waals surface area contributed by atoms with Crippen LogP contribution < -0.4 is 10.6 Å². The first-order valence-corrected chi connectivity index (χ1v) is 9.87. The van der Waals surface area contributed by atoms with E-state index in [1.54, 1.807) is 19.2 Å². The molecular weight excluding hydrogens is 357 g/mol. The van der Waals surface area contributed by atoms with Crippen molar-refractivity contribution in [3.05, 3.63) is 53.0 Å². The Hall–Kier alpha value is -2.41. The SMILES string of the molecule is CN=C(NCc1ccc(F)cc1)NCC1CCN(Cc2nc(C)c(C)o2)CC1. The van der Waals surface area contributed by atoms with Crippen molar-refractivity contribution < 1.29 is 8.81 Å². The van der Waals surface area contributed by atoms with Gasteiger partial charge in [0.05, 0.1) is 12.2 Å². The summed E-state index contributed by atoms with van der Waals surface area (Å²) in [6.45, 7) is 8.35. The smallest absolute Gasteiger partial charge is 0.208 e. The van der Waals surface area contributed by atoms with Crippen LogP contribution in [-0.2, 0) is 13.1 Å². The van der Waals surface area contributed by atoms with Gasteiger partial charge in [-0.05, 0) is 63.4 Å². The van der Waals surface area contributed by atoms with Gasteiger partial charge in [0.25, 0.3) is 0 Å². The molecule has 1 aliphatic heterocycles. The van der Waals surface area contributed by atoms with Gasteiger partial charge in [-0.15, -0.1) is 0 Å². The summed E-state index contributed by atoms with van der Waals surface area (Å²) in [6, 6.07) is 6.51. The van der Waals surface area contributed by atoms with E-state index < -0.39 is 0 Å². The van der Waals surface area contributed by atoms with Gasteiger partial charge >= 0.3 is 0 Å². The Morgan fingerprint density at radius 2 is 1.93 bits per heavy atom. The molecule has 1 fully saturated rings. The topological polar surface area (TPSA) is 65.7 Å². The van der Waals surface area contributed by atoms with Crippen LogP contribution in [0.4, 0.5) is 4.39 Å². The predicted octanol–water partition coefficient (Wildman–Crippen LogP) is 3.01. The number of nitrogens with zero attached hydrogens (tertiary/aromatic N) is 3. The van der Waals surface area contributed by atoms with Crippen molar-refractivity contribution in [3.8, 4) is 0 Å². The molecule has 0 radical (unpaired) electrons. The maximum absolute atomic E-state index is 13.0. The molecule has 0 amide bonds. The van der Waals surface area contributed by atoms with Gasteiger partial charge in [-0.3, -0.25) is 9.89 Å². The van der Waals surface area contributed by atoms with Crippen LogP contribution in [0, 0.1) is 25.6 Å². The molecule has 0 unspecified atom stereocenters. The summed E-state index contributed by atoms with van der Waals surface area (Å²) in [6.07, 6.45) is 2.28. The molecule has 1 aromatic carbocycles. The van der Waals surface area contributed by atoms with Crippen molar-refractivity contribution >= 4 is 5.96 Å². The van der Waals surface area contributed by atoms with Crippen LogP contribution in [0.15, 0.2) is 33.7 Å². The average molecular weight is 388 g/mol. The number of aryl methyl sites for hydroxylation is 2. The third-order valence-electron chi connectivity index (χ3n) is 5.29. The fourth-order valence-corrected chi connectivity index (χ4v) is 3.40. The normalized spacial score (nSPS) is 16.4. The summed E-state index contributed by atoms with van der Waals surface area (Å²) in [5, 5.41) is 6.69. The number of halogens is 1. The second kappa shape index (κ2) is 9.68. The number of oxazole rings is 1. The van der Waals surface area contributed by atoms with Gasteiger partial charge in [-0.25, -0.2) is 9.37 Å². The van der Waals surface area contributed by atoms with Crippen LogP contribution >= 0.6 is 0 Å². The highest BCUT2D eigenvalue weighted by atomic mass is 19.1. The second-order valence-corrected chi connectivity index (χ2v) is 7.40. The Morgan fingerprint density at radius 3 is 2.54 bits per heavy atom. The molecule has 28 heavy (non-hydrogen) atoms. The minimum atomic E-state index is -0.217. The lowest BCUT2D eigenvalue weighted by molar-refractivity contribution is 0.164.